The molecule has 0 spiro atoms. The molecular formula is C24H13F4NO4S. The molecule has 1 N–H and O–H groups in total. The molecule has 0 aliphatic carbocycles. The minimum atomic E-state index is -4.81. The van der Waals surface area contributed by atoms with Crippen LogP contribution in [0.4, 0.5) is 17.6 Å². The largest absolute Gasteiger partial charge is 0.508 e. The number of hydrogen-bond acceptors (Lipinski definition) is 5. The Morgan fingerprint density at radius 3 is 2.44 bits per heavy atom. The summed E-state index contributed by atoms with van der Waals surface area (Å²) in [5, 5.41) is 12.5. The van der Waals surface area contributed by atoms with Crippen LogP contribution in [0.25, 0.3) is 26.6 Å². The average Bonchev–Trinajstić information content (AvgIpc) is 3.14. The first-order valence-corrected chi connectivity index (χ1v) is 10.4. The summed E-state index contributed by atoms with van der Waals surface area (Å²) < 4.78 is 61.2. The van der Waals surface area contributed by atoms with Crippen molar-refractivity contribution >= 4 is 33.4 Å². The first-order valence-electron chi connectivity index (χ1n) is 9.61. The number of phenols is 1. The molecule has 0 saturated heterocycles. The number of halogens is 4. The summed E-state index contributed by atoms with van der Waals surface area (Å²) in [4.78, 5) is 21.3. The van der Waals surface area contributed by atoms with E-state index in [1.807, 2.05) is 0 Å². The summed E-state index contributed by atoms with van der Waals surface area (Å²) in [5.41, 5.74) is -0.853. The molecule has 0 saturated carbocycles. The van der Waals surface area contributed by atoms with E-state index < -0.39 is 23.5 Å². The minimum Gasteiger partial charge on any atom is -0.508 e. The third-order valence-electron chi connectivity index (χ3n) is 4.77. The van der Waals surface area contributed by atoms with Gasteiger partial charge in [-0.15, -0.1) is 16.2 Å². The number of fused-ring (bicyclic) bond motifs is 1. The van der Waals surface area contributed by atoms with Crippen LogP contribution in [0, 0.1) is 10.7 Å². The number of phenolic OH excluding ortho intramolecular Hbond substituents is 1. The molecule has 34 heavy (non-hydrogen) atoms. The summed E-state index contributed by atoms with van der Waals surface area (Å²) in [6, 6.07) is 12.9. The predicted molar refractivity (Wildman–Crippen MR) is 120 cm³/mol. The second-order valence-corrected chi connectivity index (χ2v) is 8.11. The summed E-state index contributed by atoms with van der Waals surface area (Å²) >= 11 is 0.967. The van der Waals surface area contributed by atoms with Crippen molar-refractivity contribution in [3.05, 3.63) is 88.6 Å². The lowest BCUT2D eigenvalue weighted by molar-refractivity contribution is -0.137. The Morgan fingerprint density at radius 1 is 1.03 bits per heavy atom. The first-order chi connectivity index (χ1) is 16.2. The normalized spacial score (nSPS) is 11.8. The highest BCUT2D eigenvalue weighted by Gasteiger charge is 2.35. The molecule has 0 radical (unpaired) electrons. The molecule has 0 unspecified atom stereocenters. The van der Waals surface area contributed by atoms with Crippen LogP contribution in [0.3, 0.4) is 0 Å². The molecule has 0 aliphatic heterocycles. The van der Waals surface area contributed by atoms with Gasteiger partial charge in [-0.25, -0.2) is 4.39 Å². The van der Waals surface area contributed by atoms with Crippen molar-refractivity contribution in [2.24, 2.45) is 5.18 Å². The quantitative estimate of drug-likeness (QED) is 0.179. The Bertz CT molecular complexity index is 1430. The fourth-order valence-electron chi connectivity index (χ4n) is 3.25. The molecule has 1 heterocycles. The van der Waals surface area contributed by atoms with E-state index in [1.165, 1.54) is 36.4 Å². The summed E-state index contributed by atoms with van der Waals surface area (Å²) in [6.07, 6.45) is -2.45. The maximum absolute atomic E-state index is 13.7. The van der Waals surface area contributed by atoms with Gasteiger partial charge in [0.15, 0.2) is 5.75 Å². The van der Waals surface area contributed by atoms with Crippen molar-refractivity contribution in [1.29, 1.82) is 0 Å². The zero-order valence-electron chi connectivity index (χ0n) is 17.0. The van der Waals surface area contributed by atoms with Gasteiger partial charge in [-0.3, -0.25) is 4.79 Å². The SMILES string of the molecule is O=NC(=O)/C=C/c1ccc(Oc2c(-c3ccc(F)cc3C(F)(F)F)sc3cc(O)ccc23)cc1. The van der Waals surface area contributed by atoms with E-state index in [0.717, 1.165) is 29.5 Å². The maximum atomic E-state index is 13.7. The van der Waals surface area contributed by atoms with Crippen molar-refractivity contribution in [1.82, 2.24) is 0 Å². The minimum absolute atomic E-state index is 0.0718. The Balaban J connectivity index is 1.81. The van der Waals surface area contributed by atoms with E-state index in [1.54, 1.807) is 12.1 Å². The molecule has 1 amide bonds. The number of amides is 1. The number of carbonyl (C=O) groups excluding carboxylic acids is 1. The van der Waals surface area contributed by atoms with Crippen LogP contribution >= 0.6 is 11.3 Å². The molecule has 0 atom stereocenters. The lowest BCUT2D eigenvalue weighted by Crippen LogP contribution is -2.07. The van der Waals surface area contributed by atoms with Gasteiger partial charge in [0, 0.05) is 26.9 Å². The van der Waals surface area contributed by atoms with Gasteiger partial charge < -0.3 is 9.84 Å². The number of nitrogens with zero attached hydrogens (tertiary/aromatic N) is 1. The van der Waals surface area contributed by atoms with Gasteiger partial charge in [-0.2, -0.15) is 13.2 Å². The van der Waals surface area contributed by atoms with E-state index in [9.17, 15) is 32.4 Å². The van der Waals surface area contributed by atoms with Crippen molar-refractivity contribution in [3.8, 4) is 27.7 Å². The van der Waals surface area contributed by atoms with Crippen molar-refractivity contribution < 1.29 is 32.2 Å². The van der Waals surface area contributed by atoms with Crippen LogP contribution < -0.4 is 4.74 Å². The number of aromatic hydroxyl groups is 1. The third kappa shape index (κ3) is 4.81. The molecular weight excluding hydrogens is 474 g/mol. The molecule has 3 aromatic carbocycles. The summed E-state index contributed by atoms with van der Waals surface area (Å²) in [5.74, 6) is -1.65. The van der Waals surface area contributed by atoms with E-state index in [2.05, 4.69) is 5.18 Å². The monoisotopic (exact) mass is 487 g/mol. The smallest absolute Gasteiger partial charge is 0.417 e. The van der Waals surface area contributed by atoms with Crippen LogP contribution in [0.1, 0.15) is 11.1 Å². The molecule has 5 nitrogen and oxygen atoms in total. The second kappa shape index (κ2) is 9.06. The fraction of sp³-hybridized carbons (Fsp3) is 0.0417. The van der Waals surface area contributed by atoms with Crippen LogP contribution in [0.2, 0.25) is 0 Å². The van der Waals surface area contributed by atoms with E-state index in [-0.39, 0.29) is 27.7 Å². The summed E-state index contributed by atoms with van der Waals surface area (Å²) in [6.45, 7) is 0. The second-order valence-electron chi connectivity index (χ2n) is 7.06. The number of rotatable bonds is 5. The van der Waals surface area contributed by atoms with Gasteiger partial charge >= 0.3 is 12.1 Å². The van der Waals surface area contributed by atoms with Crippen molar-refractivity contribution in [3.63, 3.8) is 0 Å². The Kier molecular flexibility index (Phi) is 6.16. The predicted octanol–water partition coefficient (Wildman–Crippen LogP) is 7.53. The highest BCUT2D eigenvalue weighted by Crippen LogP contribution is 2.50. The number of nitroso groups, excluding NO2 is 1. The zero-order chi connectivity index (χ0) is 24.5. The molecule has 0 fully saturated rings. The zero-order valence-corrected chi connectivity index (χ0v) is 17.8. The first kappa shape index (κ1) is 23.1. The van der Waals surface area contributed by atoms with Crippen LogP contribution in [-0.4, -0.2) is 11.0 Å². The van der Waals surface area contributed by atoms with Crippen molar-refractivity contribution in [2.45, 2.75) is 6.18 Å². The van der Waals surface area contributed by atoms with E-state index >= 15 is 0 Å². The standard InChI is InChI=1S/C24H13F4NO4S/c25-14-4-8-17(19(11-14)24(26,27)28)23-22(18-9-5-15(30)12-20(18)34-23)33-16-6-1-13(2-7-16)3-10-21(31)29-32/h1-12,30H/b10-3+. The molecule has 0 bridgehead atoms. The van der Waals surface area contributed by atoms with Crippen molar-refractivity contribution in [2.75, 3.05) is 0 Å². The number of thiophene rings is 1. The van der Waals surface area contributed by atoms with Gasteiger partial charge in [0.25, 0.3) is 0 Å². The van der Waals surface area contributed by atoms with Gasteiger partial charge in [0.1, 0.15) is 17.3 Å². The average molecular weight is 487 g/mol. The van der Waals surface area contributed by atoms with Gasteiger partial charge in [-0.1, -0.05) is 12.1 Å². The number of carbonyl (C=O) groups is 1. The lowest BCUT2D eigenvalue weighted by atomic mass is 10.0. The number of hydrogen-bond donors (Lipinski definition) is 1. The van der Waals surface area contributed by atoms with Crippen LogP contribution in [-0.2, 0) is 11.0 Å². The van der Waals surface area contributed by atoms with Gasteiger partial charge in [0.05, 0.1) is 10.4 Å². The van der Waals surface area contributed by atoms with Gasteiger partial charge in [-0.05, 0) is 60.2 Å². The topological polar surface area (TPSA) is 76.0 Å². The highest BCUT2D eigenvalue weighted by atomic mass is 32.1. The number of ether oxygens (including phenoxy) is 1. The highest BCUT2D eigenvalue weighted by molar-refractivity contribution is 7.22. The Hall–Kier alpha value is -4.05. The molecule has 1 aromatic heterocycles. The Morgan fingerprint density at radius 2 is 1.76 bits per heavy atom. The number of alkyl halides is 3. The molecule has 0 aliphatic rings. The lowest BCUT2D eigenvalue weighted by Gasteiger charge is -2.14. The van der Waals surface area contributed by atoms with Crippen LogP contribution in [0.5, 0.6) is 17.2 Å². The third-order valence-corrected chi connectivity index (χ3v) is 5.94. The van der Waals surface area contributed by atoms with E-state index in [4.69, 9.17) is 4.74 Å². The fourth-order valence-corrected chi connectivity index (χ4v) is 4.45. The van der Waals surface area contributed by atoms with Crippen LogP contribution in [0.15, 0.2) is 71.9 Å². The molecule has 4 aromatic rings. The summed E-state index contributed by atoms with van der Waals surface area (Å²) in [7, 11) is 0. The van der Waals surface area contributed by atoms with Gasteiger partial charge in [0.2, 0.25) is 0 Å². The Labute approximate surface area is 193 Å². The number of benzene rings is 3. The molecule has 4 rings (SSSR count). The molecule has 10 heteroatoms. The maximum Gasteiger partial charge on any atom is 0.417 e. The molecule has 172 valence electrons. The van der Waals surface area contributed by atoms with E-state index in [0.29, 0.717) is 21.7 Å².